The van der Waals surface area contributed by atoms with E-state index >= 15 is 0 Å². The third kappa shape index (κ3) is 3.75. The third-order valence-electron chi connectivity index (χ3n) is 5.94. The number of carbonyl (C=O) groups excluding carboxylic acids is 1. The highest BCUT2D eigenvalue weighted by atomic mass is 16.5. The molecule has 0 radical (unpaired) electrons. The molecule has 1 aliphatic carbocycles. The number of fused-ring (bicyclic) bond motifs is 1. The van der Waals surface area contributed by atoms with Crippen molar-refractivity contribution >= 4 is 5.91 Å². The predicted molar refractivity (Wildman–Crippen MR) is 95.9 cm³/mol. The van der Waals surface area contributed by atoms with Crippen molar-refractivity contribution in [3.8, 4) is 5.75 Å². The second-order valence-corrected chi connectivity index (χ2v) is 7.49. The quantitative estimate of drug-likeness (QED) is 0.925. The lowest BCUT2D eigenvalue weighted by Crippen LogP contribution is -2.51. The summed E-state index contributed by atoms with van der Waals surface area (Å²) in [6.07, 6.45) is 3.61. The molecular weight excluding hydrogens is 300 g/mol. The molecule has 4 unspecified atom stereocenters. The van der Waals surface area contributed by atoms with Crippen molar-refractivity contribution in [2.24, 2.45) is 11.8 Å². The Balaban J connectivity index is 1.63. The van der Waals surface area contributed by atoms with E-state index in [1.54, 1.807) is 0 Å². The predicted octanol–water partition coefficient (Wildman–Crippen LogP) is 3.21. The lowest BCUT2D eigenvalue weighted by Gasteiger charge is -2.36. The van der Waals surface area contributed by atoms with Crippen LogP contribution in [0.1, 0.15) is 45.6 Å². The van der Waals surface area contributed by atoms with Crippen LogP contribution in [-0.4, -0.2) is 36.0 Å². The minimum Gasteiger partial charge on any atom is -0.492 e. The topological polar surface area (TPSA) is 41.6 Å². The van der Waals surface area contributed by atoms with E-state index in [0.717, 1.165) is 30.8 Å². The average Bonchev–Trinajstić information content (AvgIpc) is 2.80. The summed E-state index contributed by atoms with van der Waals surface area (Å²) in [5.41, 5.74) is 1.16. The van der Waals surface area contributed by atoms with Gasteiger partial charge in [0.2, 0.25) is 5.91 Å². The van der Waals surface area contributed by atoms with E-state index in [2.05, 4.69) is 30.1 Å². The van der Waals surface area contributed by atoms with Crippen LogP contribution in [0.3, 0.4) is 0 Å². The van der Waals surface area contributed by atoms with Gasteiger partial charge in [0, 0.05) is 24.7 Å². The molecule has 0 spiro atoms. The molecule has 2 aliphatic rings. The standard InChI is InChI=1S/C20H30N2O2/c1-14-7-6-9-18(15(14)2)21-20(23)16(3)22-11-12-24-19-10-5-4-8-17(19)13-22/h4-5,8,10,14-16,18H,6-7,9,11-13H2,1-3H3,(H,21,23). The Kier molecular flexibility index (Phi) is 5.44. The zero-order chi connectivity index (χ0) is 17.1. The zero-order valence-electron chi connectivity index (χ0n) is 15.1. The van der Waals surface area contributed by atoms with Crippen LogP contribution >= 0.6 is 0 Å². The molecule has 1 aromatic rings. The largest absolute Gasteiger partial charge is 0.492 e. The Hall–Kier alpha value is -1.55. The van der Waals surface area contributed by atoms with Crippen LogP contribution in [0.5, 0.6) is 5.75 Å². The van der Waals surface area contributed by atoms with Gasteiger partial charge < -0.3 is 10.1 Å². The highest BCUT2D eigenvalue weighted by Gasteiger charge is 2.31. The first-order chi connectivity index (χ1) is 11.6. The lowest BCUT2D eigenvalue weighted by molar-refractivity contribution is -0.127. The summed E-state index contributed by atoms with van der Waals surface area (Å²) in [5, 5.41) is 3.32. The molecule has 24 heavy (non-hydrogen) atoms. The molecular formula is C20H30N2O2. The number of para-hydroxylation sites is 1. The number of hydrogen-bond acceptors (Lipinski definition) is 3. The van der Waals surface area contributed by atoms with E-state index in [1.807, 2.05) is 25.1 Å². The molecule has 132 valence electrons. The molecule has 4 atom stereocenters. The number of ether oxygens (including phenoxy) is 1. The van der Waals surface area contributed by atoms with Gasteiger partial charge in [-0.3, -0.25) is 9.69 Å². The molecule has 4 heteroatoms. The first-order valence-corrected chi connectivity index (χ1v) is 9.31. The summed E-state index contributed by atoms with van der Waals surface area (Å²) in [5.74, 6) is 2.35. The minimum atomic E-state index is -0.135. The van der Waals surface area contributed by atoms with Gasteiger partial charge >= 0.3 is 0 Å². The van der Waals surface area contributed by atoms with Crippen molar-refractivity contribution in [1.29, 1.82) is 0 Å². The SMILES string of the molecule is CC1CCCC(NC(=O)C(C)N2CCOc3ccccc3C2)C1C. The fourth-order valence-electron chi connectivity index (χ4n) is 3.93. The number of nitrogens with zero attached hydrogens (tertiary/aromatic N) is 1. The fraction of sp³-hybridized carbons (Fsp3) is 0.650. The second-order valence-electron chi connectivity index (χ2n) is 7.49. The van der Waals surface area contributed by atoms with Crippen LogP contribution in [0.4, 0.5) is 0 Å². The Morgan fingerprint density at radius 1 is 1.29 bits per heavy atom. The number of nitrogens with one attached hydrogen (secondary N) is 1. The average molecular weight is 330 g/mol. The smallest absolute Gasteiger partial charge is 0.237 e. The van der Waals surface area contributed by atoms with E-state index < -0.39 is 0 Å². The molecule has 0 aromatic heterocycles. The van der Waals surface area contributed by atoms with Crippen molar-refractivity contribution in [3.63, 3.8) is 0 Å². The van der Waals surface area contributed by atoms with E-state index in [-0.39, 0.29) is 11.9 Å². The molecule has 1 aromatic carbocycles. The van der Waals surface area contributed by atoms with Gasteiger partial charge in [0.25, 0.3) is 0 Å². The number of amides is 1. The van der Waals surface area contributed by atoms with Gasteiger partial charge in [-0.1, -0.05) is 44.9 Å². The Labute approximate surface area is 145 Å². The molecule has 3 rings (SSSR count). The summed E-state index contributed by atoms with van der Waals surface area (Å²) in [4.78, 5) is 15.0. The van der Waals surface area contributed by atoms with E-state index in [0.29, 0.717) is 24.5 Å². The van der Waals surface area contributed by atoms with Gasteiger partial charge in [-0.15, -0.1) is 0 Å². The van der Waals surface area contributed by atoms with E-state index in [1.165, 1.54) is 12.8 Å². The maximum absolute atomic E-state index is 12.8. The molecule has 1 amide bonds. The van der Waals surface area contributed by atoms with Crippen LogP contribution in [0.25, 0.3) is 0 Å². The maximum Gasteiger partial charge on any atom is 0.237 e. The van der Waals surface area contributed by atoms with Gasteiger partial charge in [0.15, 0.2) is 0 Å². The summed E-state index contributed by atoms with van der Waals surface area (Å²) < 4.78 is 5.82. The minimum absolute atomic E-state index is 0.135. The molecule has 1 aliphatic heterocycles. The lowest BCUT2D eigenvalue weighted by atomic mass is 9.78. The van der Waals surface area contributed by atoms with E-state index in [4.69, 9.17) is 4.74 Å². The highest BCUT2D eigenvalue weighted by molar-refractivity contribution is 5.81. The van der Waals surface area contributed by atoms with Crippen LogP contribution < -0.4 is 10.1 Å². The van der Waals surface area contributed by atoms with E-state index in [9.17, 15) is 4.79 Å². The summed E-state index contributed by atoms with van der Waals surface area (Å²) in [6.45, 7) is 8.76. The molecule has 0 bridgehead atoms. The van der Waals surface area contributed by atoms with Crippen LogP contribution in [-0.2, 0) is 11.3 Å². The number of benzene rings is 1. The van der Waals surface area contributed by atoms with Crippen molar-refractivity contribution < 1.29 is 9.53 Å². The van der Waals surface area contributed by atoms with Crippen molar-refractivity contribution in [1.82, 2.24) is 10.2 Å². The van der Waals surface area contributed by atoms with Crippen LogP contribution in [0, 0.1) is 11.8 Å². The van der Waals surface area contributed by atoms with Gasteiger partial charge in [0.05, 0.1) is 6.04 Å². The van der Waals surface area contributed by atoms with Gasteiger partial charge in [-0.05, 0) is 31.2 Å². The van der Waals surface area contributed by atoms with Crippen molar-refractivity contribution in [3.05, 3.63) is 29.8 Å². The monoisotopic (exact) mass is 330 g/mol. The maximum atomic E-state index is 12.8. The molecule has 1 N–H and O–H groups in total. The van der Waals surface area contributed by atoms with Gasteiger partial charge in [-0.2, -0.15) is 0 Å². The first-order valence-electron chi connectivity index (χ1n) is 9.31. The van der Waals surface area contributed by atoms with Gasteiger partial charge in [-0.25, -0.2) is 0 Å². The fourth-order valence-corrected chi connectivity index (χ4v) is 3.93. The molecule has 1 heterocycles. The van der Waals surface area contributed by atoms with Crippen molar-refractivity contribution in [2.45, 2.75) is 58.7 Å². The van der Waals surface area contributed by atoms with Gasteiger partial charge in [0.1, 0.15) is 12.4 Å². The zero-order valence-corrected chi connectivity index (χ0v) is 15.1. The molecule has 0 saturated heterocycles. The van der Waals surface area contributed by atoms with Crippen LogP contribution in [0.15, 0.2) is 24.3 Å². The first kappa shape index (κ1) is 17.3. The molecule has 4 nitrogen and oxygen atoms in total. The Morgan fingerprint density at radius 3 is 2.92 bits per heavy atom. The third-order valence-corrected chi connectivity index (χ3v) is 5.94. The summed E-state index contributed by atoms with van der Waals surface area (Å²) in [6, 6.07) is 8.30. The second kappa shape index (κ2) is 7.56. The normalized spacial score (nSPS) is 29.0. The highest BCUT2D eigenvalue weighted by Crippen LogP contribution is 2.30. The van der Waals surface area contributed by atoms with Crippen LogP contribution in [0.2, 0.25) is 0 Å². The Bertz CT molecular complexity index is 575. The number of hydrogen-bond donors (Lipinski definition) is 1. The Morgan fingerprint density at radius 2 is 2.08 bits per heavy atom. The summed E-state index contributed by atoms with van der Waals surface area (Å²) >= 11 is 0. The molecule has 1 fully saturated rings. The molecule has 1 saturated carbocycles. The summed E-state index contributed by atoms with van der Waals surface area (Å²) in [7, 11) is 0. The number of carbonyl (C=O) groups is 1. The number of rotatable bonds is 3. The van der Waals surface area contributed by atoms with Crippen molar-refractivity contribution in [2.75, 3.05) is 13.2 Å².